The van der Waals surface area contributed by atoms with E-state index in [1.807, 2.05) is 52.9 Å². The monoisotopic (exact) mass is 1510 g/mol. The Kier molecular flexibility index (Phi) is 23.8. The number of thiazole rings is 1. The number of anilines is 2. The third kappa shape index (κ3) is 18.7. The molecule has 31 heteroatoms. The van der Waals surface area contributed by atoms with Gasteiger partial charge in [0.1, 0.15) is 30.7 Å². The van der Waals surface area contributed by atoms with Gasteiger partial charge in [0.2, 0.25) is 5.91 Å². The number of ether oxygens (including phenoxy) is 3. The fourth-order valence-electron chi connectivity index (χ4n) is 16.5. The molecule has 2 aliphatic carbocycles. The van der Waals surface area contributed by atoms with Gasteiger partial charge in [-0.2, -0.15) is 13.5 Å². The number of pyridine rings is 1. The third-order valence-corrected chi connectivity index (χ3v) is 22.8. The molecule has 0 spiro atoms. The van der Waals surface area contributed by atoms with Gasteiger partial charge in [0.05, 0.1) is 53.1 Å². The Morgan fingerprint density at radius 1 is 0.850 bits per heavy atom. The number of aliphatic hydroxyl groups excluding tert-OH is 3. The summed E-state index contributed by atoms with van der Waals surface area (Å²) in [7, 11) is -4.63. The molecular weight excluding hydrogens is 1420 g/mol. The number of fused-ring (bicyclic) bond motifs is 4. The summed E-state index contributed by atoms with van der Waals surface area (Å²) in [6, 6.07) is 20.4. The zero-order valence-electron chi connectivity index (χ0n) is 60.6. The maximum atomic E-state index is 14.3. The Morgan fingerprint density at radius 3 is 2.31 bits per heavy atom. The molecule has 3 aromatic heterocycles. The van der Waals surface area contributed by atoms with Gasteiger partial charge in [-0.15, -0.1) is 0 Å². The number of nitrogens with one attached hydrogen (secondary N) is 2. The molecule has 11 rings (SSSR count). The Bertz CT molecular complexity index is 4540. The van der Waals surface area contributed by atoms with Gasteiger partial charge in [-0.1, -0.05) is 88.4 Å². The summed E-state index contributed by atoms with van der Waals surface area (Å²) in [6.45, 7) is 12.9. The Labute approximate surface area is 622 Å². The van der Waals surface area contributed by atoms with Crippen LogP contribution in [0.25, 0.3) is 21.3 Å². The molecule has 3 fully saturated rings. The molecule has 6 aromatic rings. The van der Waals surface area contributed by atoms with Crippen molar-refractivity contribution in [3.8, 4) is 11.1 Å². The van der Waals surface area contributed by atoms with Crippen molar-refractivity contribution in [2.75, 3.05) is 48.8 Å². The van der Waals surface area contributed by atoms with Crippen LogP contribution in [-0.4, -0.2) is 202 Å². The minimum atomic E-state index is -4.63. The van der Waals surface area contributed by atoms with Crippen LogP contribution in [0.1, 0.15) is 141 Å². The van der Waals surface area contributed by atoms with Crippen LogP contribution in [0.5, 0.6) is 0 Å². The van der Waals surface area contributed by atoms with Crippen molar-refractivity contribution in [3.63, 3.8) is 0 Å². The molecule has 8 N–H and O–H groups in total. The number of nitrogens with zero attached hydrogens (tertiary/aromatic N) is 7. The largest absolute Gasteiger partial charge is 0.479 e. The van der Waals surface area contributed by atoms with Gasteiger partial charge < -0.3 is 54.9 Å². The van der Waals surface area contributed by atoms with Gasteiger partial charge in [-0.25, -0.2) is 24.4 Å². The van der Waals surface area contributed by atoms with Crippen LogP contribution in [0.4, 0.5) is 15.7 Å². The van der Waals surface area contributed by atoms with E-state index in [1.54, 1.807) is 56.4 Å². The lowest BCUT2D eigenvalue weighted by Crippen LogP contribution is -2.59. The van der Waals surface area contributed by atoms with Gasteiger partial charge in [0.25, 0.3) is 27.8 Å². The maximum Gasteiger partial charge on any atom is 0.410 e. The lowest BCUT2D eigenvalue weighted by atomic mass is 9.51. The average Bonchev–Trinajstić information content (AvgIpc) is 1.05. The Hall–Kier alpha value is -9.21. The number of carboxylic acids is 2. The number of Topliss-reactive ketones (excluding diaryl/α,β-unsaturated/α-hetero) is 2. The van der Waals surface area contributed by atoms with E-state index in [2.05, 4.69) is 36.4 Å². The number of aromatic nitrogens is 4. The predicted molar refractivity (Wildman–Crippen MR) is 390 cm³/mol. The number of aliphatic carboxylic acids is 1. The first-order valence-corrected chi connectivity index (χ1v) is 38.2. The van der Waals surface area contributed by atoms with E-state index < -0.39 is 137 Å². The highest BCUT2D eigenvalue weighted by Gasteiger charge is 2.55. The lowest BCUT2D eigenvalue weighted by Gasteiger charge is -2.58. The molecule has 2 saturated carbocycles. The molecule has 5 amide bonds. The van der Waals surface area contributed by atoms with Crippen LogP contribution < -0.4 is 15.5 Å². The molecule has 2 bridgehead atoms. The second kappa shape index (κ2) is 32.3. The van der Waals surface area contributed by atoms with E-state index >= 15 is 0 Å². The van der Waals surface area contributed by atoms with E-state index in [-0.39, 0.29) is 67.2 Å². The molecule has 1 saturated heterocycles. The van der Waals surface area contributed by atoms with Crippen LogP contribution in [0.3, 0.4) is 0 Å². The van der Waals surface area contributed by atoms with Gasteiger partial charge in [0.15, 0.2) is 28.5 Å². The number of hydrogen-bond acceptors (Lipinski definition) is 22. The number of aryl methyl sites for hydroxylation is 1. The molecule has 29 nitrogen and oxygen atoms in total. The zero-order chi connectivity index (χ0) is 77.2. The SMILES string of the molecule is Cc1c(-c2ccc(N3CCc4cccc(C(=O)Nc5nc6ccccc6s5)c4C3)nc2C(=O)O)cnn1CC1CC2(C)CC(C)(C)CC(OCCN(CCS(=O)(=O)O)C(=O)OCc3ccc(CC(=O)[C@H](C)NC(=O)[C@@H](CC(=O)CN4C(=O)C=CC4=O)C(C)C)cc3CC[C@@H]3O[C@H](C(=O)O)[C@@H](O)[C@H](O)[C@H]3O)(C1)C2. The van der Waals surface area contributed by atoms with Gasteiger partial charge >= 0.3 is 18.0 Å². The number of carbonyl (C=O) groups excluding carboxylic acids is 7. The van der Waals surface area contributed by atoms with Gasteiger partial charge in [-0.05, 0) is 146 Å². The fraction of sp³-hybridized carbons (Fsp3) is 0.500. The number of amides is 5. The molecule has 3 aromatic carbocycles. The lowest BCUT2D eigenvalue weighted by molar-refractivity contribution is -0.228. The van der Waals surface area contributed by atoms with Crippen molar-refractivity contribution < 1.29 is 95.9 Å². The number of hydrogen-bond donors (Lipinski definition) is 8. The van der Waals surface area contributed by atoms with Crippen molar-refractivity contribution >= 4 is 95.8 Å². The van der Waals surface area contributed by atoms with Crippen LogP contribution in [-0.2, 0) is 92.1 Å². The number of rotatable bonds is 30. The van der Waals surface area contributed by atoms with E-state index in [1.165, 1.54) is 18.3 Å². The highest BCUT2D eigenvalue weighted by Crippen LogP contribution is 2.60. The molecule has 0 radical (unpaired) electrons. The van der Waals surface area contributed by atoms with Crippen LogP contribution in [0.2, 0.25) is 0 Å². The number of imide groups is 1. The summed E-state index contributed by atoms with van der Waals surface area (Å²) in [5, 5.41) is 63.5. The van der Waals surface area contributed by atoms with Crippen molar-refractivity contribution in [1.82, 2.24) is 34.9 Å². The van der Waals surface area contributed by atoms with Crippen molar-refractivity contribution in [3.05, 3.63) is 136 Å². The summed E-state index contributed by atoms with van der Waals surface area (Å²) in [4.78, 5) is 131. The van der Waals surface area contributed by atoms with E-state index in [0.29, 0.717) is 89.6 Å². The number of aromatic carboxylic acids is 1. The van der Waals surface area contributed by atoms with E-state index in [0.717, 1.165) is 61.8 Å². The molecule has 5 aliphatic rings. The summed E-state index contributed by atoms with van der Waals surface area (Å²) in [5.74, 6) is -7.78. The second-order valence-electron chi connectivity index (χ2n) is 30.5. The molecule has 10 atom stereocenters. The molecule has 6 heterocycles. The van der Waals surface area contributed by atoms with Gasteiger partial charge in [0, 0.05) is 86.0 Å². The number of para-hydroxylation sites is 1. The average molecular weight is 1510 g/mol. The first kappa shape index (κ1) is 78.8. The minimum Gasteiger partial charge on any atom is -0.479 e. The topological polar surface area (TPSA) is 414 Å². The molecule has 107 heavy (non-hydrogen) atoms. The maximum absolute atomic E-state index is 14.3. The van der Waals surface area contributed by atoms with Crippen molar-refractivity contribution in [2.24, 2.45) is 28.6 Å². The predicted octanol–water partition coefficient (Wildman–Crippen LogP) is 6.92. The third-order valence-electron chi connectivity index (χ3n) is 21.1. The number of aliphatic hydroxyl groups is 3. The highest BCUT2D eigenvalue weighted by molar-refractivity contribution is 7.85. The number of carboxylic acid groups (broad SMARTS) is 2. The Balaban J connectivity index is 0.758. The minimum absolute atomic E-state index is 0.00265. The number of benzene rings is 3. The summed E-state index contributed by atoms with van der Waals surface area (Å²) in [6.07, 6.45) is -2.74. The zero-order valence-corrected chi connectivity index (χ0v) is 62.3. The molecule has 3 unspecified atom stereocenters. The van der Waals surface area contributed by atoms with Crippen LogP contribution in [0, 0.1) is 35.5 Å². The van der Waals surface area contributed by atoms with Crippen LogP contribution in [0.15, 0.2) is 91.1 Å². The Morgan fingerprint density at radius 2 is 1.60 bits per heavy atom. The molecular formula is C76H91N9O20S2. The molecule has 3 aliphatic heterocycles. The molecule has 572 valence electrons. The number of ketones is 2. The summed E-state index contributed by atoms with van der Waals surface area (Å²) >= 11 is 1.38. The van der Waals surface area contributed by atoms with Crippen LogP contribution >= 0.6 is 11.3 Å². The van der Waals surface area contributed by atoms with Gasteiger partial charge in [-0.3, -0.25) is 48.2 Å². The first-order valence-electron chi connectivity index (χ1n) is 35.8. The van der Waals surface area contributed by atoms with E-state index in [4.69, 9.17) is 24.3 Å². The standard InChI is InChI=1S/C76H91N9O20S2/c1-42(2)53(31-50(86)36-84-61(88)21-22-62(84)89)69(94)78-43(3)57(87)30-45-15-16-49(48(29-45)17-19-58-64(90)65(91)66(92)67(105-58)71(97)98)38-103-73(99)82(26-28-107(100,101)102)25-27-104-76-33-46(32-75(7,41-76)39-74(5,6)40-76)35-85-44(4)54(34-77-85)51-18-20-60(80-63(51)70(95)96)83-24-23-47-11-10-12-52(55(47)37-83)68(93)81-72-79-56-13-8-9-14-59(56)106-72/h8-16,18,20-22,29,34,42-43,46,53,58,64-67,90-92H,17,19,23-28,30-33,35-41H2,1-7H3,(H,78,94)(H,95,96)(H,97,98)(H,79,81,93)(H,100,101,102)/t43-,46?,53-,58-,64-,65+,66-,67-,75?,76?/m0/s1. The quantitative estimate of drug-likeness (QED) is 0.0167. The normalized spacial score (nSPS) is 23.2. The summed E-state index contributed by atoms with van der Waals surface area (Å²) in [5.41, 5.74) is 4.61. The second-order valence-corrected chi connectivity index (χ2v) is 33.1. The summed E-state index contributed by atoms with van der Waals surface area (Å²) < 4.78 is 55.8. The first-order chi connectivity index (χ1) is 50.5. The number of carbonyl (C=O) groups is 9. The van der Waals surface area contributed by atoms with E-state index in [9.17, 15) is 81.7 Å². The van der Waals surface area contributed by atoms with Crippen molar-refractivity contribution in [2.45, 2.75) is 175 Å². The highest BCUT2D eigenvalue weighted by atomic mass is 32.2. The smallest absolute Gasteiger partial charge is 0.410 e. The fourth-order valence-corrected chi connectivity index (χ4v) is 17.8. The van der Waals surface area contributed by atoms with Crippen molar-refractivity contribution in [1.29, 1.82) is 0 Å².